The zero-order valence-corrected chi connectivity index (χ0v) is 11.7. The zero-order chi connectivity index (χ0) is 15.1. The predicted octanol–water partition coefficient (Wildman–Crippen LogP) is 1.30. The summed E-state index contributed by atoms with van der Waals surface area (Å²) in [4.78, 5) is 24.2. The van der Waals surface area contributed by atoms with E-state index in [0.29, 0.717) is 12.3 Å². The van der Waals surface area contributed by atoms with Gasteiger partial charge in [-0.25, -0.2) is 0 Å². The summed E-state index contributed by atoms with van der Waals surface area (Å²) < 4.78 is 10.5. The fourth-order valence-electron chi connectivity index (χ4n) is 2.20. The number of hydrogen-bond acceptors (Lipinski definition) is 5. The average molecular weight is 293 g/mol. The lowest BCUT2D eigenvalue weighted by Crippen LogP contribution is -2.36. The third-order valence-electron chi connectivity index (χ3n) is 3.22. The highest BCUT2D eigenvalue weighted by molar-refractivity contribution is 5.80. The Labute approximate surface area is 123 Å². The van der Waals surface area contributed by atoms with Crippen molar-refractivity contribution in [2.45, 2.75) is 18.9 Å². The number of para-hydroxylation sites is 1. The number of aliphatic carboxylic acids is 1. The van der Waals surface area contributed by atoms with Crippen LogP contribution in [-0.4, -0.2) is 49.5 Å². The summed E-state index contributed by atoms with van der Waals surface area (Å²) >= 11 is 0. The number of carbonyl (C=O) groups excluding carboxylic acids is 1. The topological polar surface area (TPSA) is 76.1 Å². The smallest absolute Gasteiger partial charge is 0.325 e. The van der Waals surface area contributed by atoms with Crippen molar-refractivity contribution >= 4 is 17.6 Å². The number of carboxylic acids is 1. The molecule has 1 unspecified atom stereocenters. The van der Waals surface area contributed by atoms with Gasteiger partial charge in [-0.1, -0.05) is 18.2 Å². The van der Waals surface area contributed by atoms with Crippen LogP contribution >= 0.6 is 0 Å². The van der Waals surface area contributed by atoms with Crippen LogP contribution in [0, 0.1) is 0 Å². The Kier molecular flexibility index (Phi) is 5.57. The second kappa shape index (κ2) is 7.64. The van der Waals surface area contributed by atoms with Crippen molar-refractivity contribution in [3.8, 4) is 0 Å². The van der Waals surface area contributed by atoms with Gasteiger partial charge in [-0.05, 0) is 25.0 Å². The fourth-order valence-corrected chi connectivity index (χ4v) is 2.20. The molecule has 6 heteroatoms. The molecule has 1 saturated heterocycles. The third kappa shape index (κ3) is 5.07. The van der Waals surface area contributed by atoms with E-state index in [9.17, 15) is 9.59 Å². The molecule has 1 aromatic rings. The minimum atomic E-state index is -0.995. The van der Waals surface area contributed by atoms with E-state index in [1.54, 1.807) is 24.3 Å². The maximum absolute atomic E-state index is 11.9. The van der Waals surface area contributed by atoms with E-state index >= 15 is 0 Å². The summed E-state index contributed by atoms with van der Waals surface area (Å²) in [5.74, 6) is -1.44. The Morgan fingerprint density at radius 2 is 2.05 bits per heavy atom. The highest BCUT2D eigenvalue weighted by Gasteiger charge is 2.19. The maximum Gasteiger partial charge on any atom is 0.325 e. The van der Waals surface area contributed by atoms with Crippen LogP contribution in [0.2, 0.25) is 0 Å². The molecule has 1 aliphatic rings. The number of hydrogen-bond donors (Lipinski definition) is 1. The summed E-state index contributed by atoms with van der Waals surface area (Å²) in [6, 6.07) is 8.94. The summed E-state index contributed by atoms with van der Waals surface area (Å²) in [6.07, 6.45) is 1.85. The summed E-state index contributed by atoms with van der Waals surface area (Å²) in [5, 5.41) is 8.95. The molecule has 0 aromatic heterocycles. The summed E-state index contributed by atoms with van der Waals surface area (Å²) in [7, 11) is 0. The van der Waals surface area contributed by atoms with Gasteiger partial charge < -0.3 is 19.5 Å². The minimum absolute atomic E-state index is 0.0291. The van der Waals surface area contributed by atoms with Crippen molar-refractivity contribution in [2.24, 2.45) is 0 Å². The van der Waals surface area contributed by atoms with Crippen molar-refractivity contribution in [1.82, 2.24) is 0 Å². The first kappa shape index (κ1) is 15.3. The van der Waals surface area contributed by atoms with Crippen LogP contribution in [0.1, 0.15) is 12.8 Å². The van der Waals surface area contributed by atoms with Gasteiger partial charge in [0.05, 0.1) is 6.10 Å². The lowest BCUT2D eigenvalue weighted by Gasteiger charge is -2.22. The van der Waals surface area contributed by atoms with Gasteiger partial charge in [0.25, 0.3) is 0 Å². The molecule has 114 valence electrons. The first-order chi connectivity index (χ1) is 10.1. The molecule has 1 aromatic carbocycles. The fraction of sp³-hybridized carbons (Fsp3) is 0.467. The highest BCUT2D eigenvalue weighted by Crippen LogP contribution is 2.14. The van der Waals surface area contributed by atoms with Crippen molar-refractivity contribution in [3.05, 3.63) is 30.3 Å². The number of esters is 1. The van der Waals surface area contributed by atoms with Crippen LogP contribution in [0.25, 0.3) is 0 Å². The third-order valence-corrected chi connectivity index (χ3v) is 3.22. The molecular formula is C15H19NO5. The number of anilines is 1. The molecule has 0 spiro atoms. The van der Waals surface area contributed by atoms with Crippen molar-refractivity contribution in [2.75, 3.05) is 31.2 Å². The second-order valence-corrected chi connectivity index (χ2v) is 4.90. The van der Waals surface area contributed by atoms with Gasteiger partial charge in [-0.2, -0.15) is 0 Å². The molecular weight excluding hydrogens is 274 g/mol. The monoisotopic (exact) mass is 293 g/mol. The molecule has 1 atom stereocenters. The number of benzene rings is 1. The molecule has 0 amide bonds. The largest absolute Gasteiger partial charge is 0.480 e. The van der Waals surface area contributed by atoms with Crippen LogP contribution in [-0.2, 0) is 19.1 Å². The van der Waals surface area contributed by atoms with Crippen LogP contribution in [0.5, 0.6) is 0 Å². The van der Waals surface area contributed by atoms with Crippen LogP contribution in [0.15, 0.2) is 30.3 Å². The van der Waals surface area contributed by atoms with E-state index in [0.717, 1.165) is 12.8 Å². The van der Waals surface area contributed by atoms with Gasteiger partial charge in [-0.3, -0.25) is 9.59 Å². The van der Waals surface area contributed by atoms with Gasteiger partial charge in [-0.15, -0.1) is 0 Å². The Hall–Kier alpha value is -2.08. The standard InChI is InChI=1S/C15H19NO5/c17-14(18)9-16(12-5-2-1-3-6-12)10-15(19)21-11-13-7-4-8-20-13/h1-3,5-6,13H,4,7-11H2,(H,17,18). The molecule has 1 N–H and O–H groups in total. The minimum Gasteiger partial charge on any atom is -0.480 e. The van der Waals surface area contributed by atoms with E-state index < -0.39 is 11.9 Å². The Bertz CT molecular complexity index is 470. The van der Waals surface area contributed by atoms with Crippen LogP contribution in [0.4, 0.5) is 5.69 Å². The SMILES string of the molecule is O=C(O)CN(CC(=O)OCC1CCCO1)c1ccccc1. The molecule has 6 nitrogen and oxygen atoms in total. The molecule has 0 saturated carbocycles. The molecule has 1 aliphatic heterocycles. The van der Waals surface area contributed by atoms with E-state index in [1.165, 1.54) is 4.90 Å². The zero-order valence-electron chi connectivity index (χ0n) is 11.7. The molecule has 2 rings (SSSR count). The number of rotatable bonds is 7. The summed E-state index contributed by atoms with van der Waals surface area (Å²) in [6.45, 7) is 0.591. The average Bonchev–Trinajstić information content (AvgIpc) is 2.98. The van der Waals surface area contributed by atoms with Crippen LogP contribution in [0.3, 0.4) is 0 Å². The second-order valence-electron chi connectivity index (χ2n) is 4.90. The molecule has 0 bridgehead atoms. The Balaban J connectivity index is 1.88. The molecule has 0 radical (unpaired) electrons. The van der Waals surface area contributed by atoms with E-state index in [4.69, 9.17) is 14.6 Å². The van der Waals surface area contributed by atoms with Gasteiger partial charge in [0.15, 0.2) is 0 Å². The van der Waals surface area contributed by atoms with E-state index in [1.807, 2.05) is 6.07 Å². The first-order valence-electron chi connectivity index (χ1n) is 6.94. The van der Waals surface area contributed by atoms with Gasteiger partial charge >= 0.3 is 11.9 Å². The number of nitrogens with zero attached hydrogens (tertiary/aromatic N) is 1. The van der Waals surface area contributed by atoms with E-state index in [2.05, 4.69) is 0 Å². The highest BCUT2D eigenvalue weighted by atomic mass is 16.6. The number of carbonyl (C=O) groups is 2. The Morgan fingerprint density at radius 1 is 1.29 bits per heavy atom. The van der Waals surface area contributed by atoms with Crippen molar-refractivity contribution in [3.63, 3.8) is 0 Å². The lowest BCUT2D eigenvalue weighted by molar-refractivity contribution is -0.145. The normalized spacial score (nSPS) is 17.4. The maximum atomic E-state index is 11.9. The molecule has 0 aliphatic carbocycles. The van der Waals surface area contributed by atoms with Crippen molar-refractivity contribution < 1.29 is 24.2 Å². The molecule has 1 heterocycles. The summed E-state index contributed by atoms with van der Waals surface area (Å²) in [5.41, 5.74) is 0.675. The number of ether oxygens (including phenoxy) is 2. The predicted molar refractivity (Wildman–Crippen MR) is 76.2 cm³/mol. The van der Waals surface area contributed by atoms with Gasteiger partial charge in [0, 0.05) is 12.3 Å². The van der Waals surface area contributed by atoms with E-state index in [-0.39, 0.29) is 25.8 Å². The molecule has 21 heavy (non-hydrogen) atoms. The Morgan fingerprint density at radius 3 is 2.67 bits per heavy atom. The molecule has 1 fully saturated rings. The van der Waals surface area contributed by atoms with Crippen LogP contribution < -0.4 is 4.90 Å². The van der Waals surface area contributed by atoms with Gasteiger partial charge in [0.1, 0.15) is 19.7 Å². The first-order valence-corrected chi connectivity index (χ1v) is 6.94. The number of carboxylic acid groups (broad SMARTS) is 1. The quantitative estimate of drug-likeness (QED) is 0.764. The lowest BCUT2D eigenvalue weighted by atomic mass is 10.2. The van der Waals surface area contributed by atoms with Crippen molar-refractivity contribution in [1.29, 1.82) is 0 Å². The van der Waals surface area contributed by atoms with Gasteiger partial charge in [0.2, 0.25) is 0 Å².